The van der Waals surface area contributed by atoms with Gasteiger partial charge in [0, 0.05) is 5.02 Å². The first kappa shape index (κ1) is 11.0. The van der Waals surface area contributed by atoms with Crippen molar-refractivity contribution in [3.63, 3.8) is 0 Å². The predicted molar refractivity (Wildman–Crippen MR) is 63.4 cm³/mol. The minimum absolute atomic E-state index is 0.464. The van der Waals surface area contributed by atoms with Crippen LogP contribution < -0.4 is 0 Å². The summed E-state index contributed by atoms with van der Waals surface area (Å²) in [5, 5.41) is 0.810. The van der Waals surface area contributed by atoms with Crippen LogP contribution in [0.4, 0.5) is 0 Å². The first-order valence-corrected chi connectivity index (χ1v) is 5.99. The van der Waals surface area contributed by atoms with Gasteiger partial charge in [-0.2, -0.15) is 0 Å². The van der Waals surface area contributed by atoms with Crippen LogP contribution in [0.15, 0.2) is 24.3 Å². The van der Waals surface area contributed by atoms with Crippen LogP contribution in [-0.2, 0) is 4.74 Å². The number of hydrogen-bond donors (Lipinski definition) is 0. The molecule has 2 heteroatoms. The van der Waals surface area contributed by atoms with Gasteiger partial charge >= 0.3 is 0 Å². The topological polar surface area (TPSA) is 12.5 Å². The molecule has 1 aromatic carbocycles. The van der Waals surface area contributed by atoms with Crippen molar-refractivity contribution in [1.82, 2.24) is 0 Å². The zero-order valence-corrected chi connectivity index (χ0v) is 10.00. The van der Waals surface area contributed by atoms with Gasteiger partial charge in [0.15, 0.2) is 0 Å². The fraction of sp³-hybridized carbons (Fsp3) is 0.538. The highest BCUT2D eigenvalue weighted by atomic mass is 35.5. The Bertz CT molecular complexity index is 320. The Morgan fingerprint density at radius 3 is 2.40 bits per heavy atom. The van der Waals surface area contributed by atoms with Crippen molar-refractivity contribution in [2.45, 2.75) is 44.8 Å². The van der Waals surface area contributed by atoms with Gasteiger partial charge in [-0.25, -0.2) is 0 Å². The average Bonchev–Trinajstić information content (AvgIpc) is 2.92. The van der Waals surface area contributed by atoms with Gasteiger partial charge in [-0.05, 0) is 43.4 Å². The molecule has 0 radical (unpaired) electrons. The Morgan fingerprint density at radius 1 is 1.33 bits per heavy atom. The molecule has 1 heterocycles. The molecule has 0 amide bonds. The van der Waals surface area contributed by atoms with E-state index in [1.807, 2.05) is 12.1 Å². The van der Waals surface area contributed by atoms with E-state index in [1.165, 1.54) is 5.56 Å². The fourth-order valence-electron chi connectivity index (χ4n) is 2.03. The fourth-order valence-corrected chi connectivity index (χ4v) is 2.16. The molecule has 1 fully saturated rings. The molecular formula is C13H17ClO. The van der Waals surface area contributed by atoms with Crippen LogP contribution in [0.2, 0.25) is 5.02 Å². The van der Waals surface area contributed by atoms with Crippen molar-refractivity contribution >= 4 is 11.6 Å². The van der Waals surface area contributed by atoms with Gasteiger partial charge in [0.1, 0.15) is 0 Å². The van der Waals surface area contributed by atoms with Gasteiger partial charge in [0.25, 0.3) is 0 Å². The molecule has 3 unspecified atom stereocenters. The third-order valence-corrected chi connectivity index (χ3v) is 3.44. The van der Waals surface area contributed by atoms with Crippen molar-refractivity contribution < 1.29 is 4.74 Å². The highest BCUT2D eigenvalue weighted by Gasteiger charge is 2.35. The van der Waals surface area contributed by atoms with E-state index >= 15 is 0 Å². The summed E-state index contributed by atoms with van der Waals surface area (Å²) in [4.78, 5) is 0. The predicted octanol–water partition coefficient (Wildman–Crippen LogP) is 4.01. The molecule has 82 valence electrons. The van der Waals surface area contributed by atoms with Crippen molar-refractivity contribution in [3.05, 3.63) is 34.9 Å². The van der Waals surface area contributed by atoms with Gasteiger partial charge in [0.2, 0.25) is 0 Å². The summed E-state index contributed by atoms with van der Waals surface area (Å²) in [5.41, 5.74) is 1.38. The molecule has 1 aliphatic rings. The minimum Gasteiger partial charge on any atom is -0.370 e. The second-order valence-electron chi connectivity index (χ2n) is 4.27. The third kappa shape index (κ3) is 2.73. The summed E-state index contributed by atoms with van der Waals surface area (Å²) in [6.45, 7) is 4.37. The molecule has 0 spiro atoms. The van der Waals surface area contributed by atoms with E-state index < -0.39 is 0 Å². The number of epoxide rings is 1. The molecule has 0 saturated carbocycles. The maximum absolute atomic E-state index is 5.88. The molecule has 1 aromatic rings. The van der Waals surface area contributed by atoms with Crippen LogP contribution in [0.5, 0.6) is 0 Å². The van der Waals surface area contributed by atoms with Gasteiger partial charge in [-0.3, -0.25) is 0 Å². The quantitative estimate of drug-likeness (QED) is 0.704. The van der Waals surface area contributed by atoms with E-state index in [1.54, 1.807) is 0 Å². The number of benzene rings is 1. The molecule has 15 heavy (non-hydrogen) atoms. The van der Waals surface area contributed by atoms with Crippen molar-refractivity contribution in [2.75, 3.05) is 0 Å². The summed E-state index contributed by atoms with van der Waals surface area (Å²) >= 11 is 5.88. The van der Waals surface area contributed by atoms with Crippen molar-refractivity contribution in [1.29, 1.82) is 0 Å². The van der Waals surface area contributed by atoms with E-state index in [9.17, 15) is 0 Å². The Balaban J connectivity index is 2.02. The van der Waals surface area contributed by atoms with Crippen LogP contribution in [-0.4, -0.2) is 12.2 Å². The molecule has 1 aliphatic heterocycles. The summed E-state index contributed by atoms with van der Waals surface area (Å²) in [6, 6.07) is 8.19. The lowest BCUT2D eigenvalue weighted by Gasteiger charge is -2.13. The zero-order valence-electron chi connectivity index (χ0n) is 9.24. The zero-order chi connectivity index (χ0) is 10.8. The monoisotopic (exact) mass is 224 g/mol. The van der Waals surface area contributed by atoms with Crippen molar-refractivity contribution in [2.24, 2.45) is 0 Å². The average molecular weight is 225 g/mol. The molecular weight excluding hydrogens is 208 g/mol. The second-order valence-corrected chi connectivity index (χ2v) is 4.71. The largest absolute Gasteiger partial charge is 0.370 e. The number of ether oxygens (including phenoxy) is 1. The van der Waals surface area contributed by atoms with Crippen LogP contribution in [0.1, 0.15) is 38.2 Å². The normalized spacial score (nSPS) is 26.3. The molecule has 0 N–H and O–H groups in total. The number of halogens is 1. The summed E-state index contributed by atoms with van der Waals surface area (Å²) < 4.78 is 5.47. The van der Waals surface area contributed by atoms with E-state index in [0.717, 1.165) is 17.9 Å². The maximum Gasteiger partial charge on any atom is 0.0844 e. The van der Waals surface area contributed by atoms with E-state index in [-0.39, 0.29) is 0 Å². The first-order valence-electron chi connectivity index (χ1n) is 5.61. The van der Waals surface area contributed by atoms with Gasteiger partial charge in [-0.1, -0.05) is 30.7 Å². The van der Waals surface area contributed by atoms with Gasteiger partial charge in [-0.15, -0.1) is 0 Å². The molecule has 1 saturated heterocycles. The van der Waals surface area contributed by atoms with E-state index in [2.05, 4.69) is 26.0 Å². The molecule has 0 bridgehead atoms. The molecule has 1 nitrogen and oxygen atoms in total. The third-order valence-electron chi connectivity index (χ3n) is 3.19. The van der Waals surface area contributed by atoms with Crippen LogP contribution in [0.3, 0.4) is 0 Å². The van der Waals surface area contributed by atoms with E-state index in [4.69, 9.17) is 16.3 Å². The van der Waals surface area contributed by atoms with Gasteiger partial charge in [0.05, 0.1) is 12.2 Å². The summed E-state index contributed by atoms with van der Waals surface area (Å²) in [6.07, 6.45) is 3.24. The Morgan fingerprint density at radius 2 is 1.93 bits per heavy atom. The van der Waals surface area contributed by atoms with Gasteiger partial charge < -0.3 is 4.74 Å². The molecule has 0 aliphatic carbocycles. The van der Waals surface area contributed by atoms with Crippen LogP contribution in [0.25, 0.3) is 0 Å². The second kappa shape index (κ2) is 4.54. The van der Waals surface area contributed by atoms with Crippen molar-refractivity contribution in [3.8, 4) is 0 Å². The van der Waals surface area contributed by atoms with Crippen LogP contribution in [0, 0.1) is 0 Å². The lowest BCUT2D eigenvalue weighted by Crippen LogP contribution is -2.02. The summed E-state index contributed by atoms with van der Waals surface area (Å²) in [5.74, 6) is 0.609. The highest BCUT2D eigenvalue weighted by Crippen LogP contribution is 2.34. The molecule has 3 atom stereocenters. The Labute approximate surface area is 96.4 Å². The Kier molecular flexibility index (Phi) is 3.32. The van der Waals surface area contributed by atoms with Crippen LogP contribution >= 0.6 is 11.6 Å². The first-order chi connectivity index (χ1) is 7.20. The lowest BCUT2D eigenvalue weighted by atomic mass is 9.91. The lowest BCUT2D eigenvalue weighted by molar-refractivity contribution is 0.357. The van der Waals surface area contributed by atoms with E-state index in [0.29, 0.717) is 18.1 Å². The highest BCUT2D eigenvalue weighted by molar-refractivity contribution is 6.30. The standard InChI is InChI=1S/C13H17ClO/c1-3-10(8-13-9(2)15-13)11-4-6-12(14)7-5-11/h4-7,9-10,13H,3,8H2,1-2H3. The molecule has 2 rings (SSSR count). The Hall–Kier alpha value is -0.530. The molecule has 0 aromatic heterocycles. The number of hydrogen-bond acceptors (Lipinski definition) is 1. The SMILES string of the molecule is CCC(CC1OC1C)c1ccc(Cl)cc1. The minimum atomic E-state index is 0.464. The maximum atomic E-state index is 5.88. The summed E-state index contributed by atoms with van der Waals surface area (Å²) in [7, 11) is 0. The number of rotatable bonds is 4. The smallest absolute Gasteiger partial charge is 0.0844 e.